The third-order valence-corrected chi connectivity index (χ3v) is 4.13. The van der Waals surface area contributed by atoms with E-state index in [4.69, 9.17) is 27.9 Å². The normalized spacial score (nSPS) is 11.9. The van der Waals surface area contributed by atoms with Gasteiger partial charge in [-0.2, -0.15) is 0 Å². The first-order valence-corrected chi connectivity index (χ1v) is 8.43. The zero-order valence-corrected chi connectivity index (χ0v) is 15.8. The minimum absolute atomic E-state index is 0.0696. The van der Waals surface area contributed by atoms with Crippen molar-refractivity contribution < 1.29 is 4.74 Å². The summed E-state index contributed by atoms with van der Waals surface area (Å²) in [6.45, 7) is 7.67. The van der Waals surface area contributed by atoms with E-state index in [1.54, 1.807) is 6.07 Å². The Balaban J connectivity index is 2.24. The molecule has 0 amide bonds. The van der Waals surface area contributed by atoms with E-state index in [9.17, 15) is 0 Å². The number of ether oxygens (including phenoxy) is 1. The van der Waals surface area contributed by atoms with Gasteiger partial charge in [0, 0.05) is 17.5 Å². The molecule has 0 unspecified atom stereocenters. The van der Waals surface area contributed by atoms with Gasteiger partial charge in [0.1, 0.15) is 17.3 Å². The number of nitrogens with zero attached hydrogens (tertiary/aromatic N) is 1. The largest absolute Gasteiger partial charge is 0.489 e. The first-order chi connectivity index (χ1) is 9.78. The third kappa shape index (κ3) is 4.58. The molecular weight excluding hydrogens is 422 g/mol. The van der Waals surface area contributed by atoms with Crippen LogP contribution in [0, 0.1) is 3.57 Å². The fourth-order valence-corrected chi connectivity index (χ4v) is 3.20. The van der Waals surface area contributed by atoms with Crippen LogP contribution in [0.1, 0.15) is 20.8 Å². The van der Waals surface area contributed by atoms with E-state index in [0.717, 1.165) is 21.3 Å². The van der Waals surface area contributed by atoms with Crippen molar-refractivity contribution in [1.82, 2.24) is 10.3 Å². The zero-order valence-electron chi connectivity index (χ0n) is 12.1. The van der Waals surface area contributed by atoms with Crippen LogP contribution in [0.2, 0.25) is 10.2 Å². The molecule has 0 radical (unpaired) electrons. The molecule has 114 valence electrons. The van der Waals surface area contributed by atoms with Crippen LogP contribution in [-0.2, 0) is 0 Å². The van der Waals surface area contributed by atoms with E-state index in [0.29, 0.717) is 22.3 Å². The summed E-state index contributed by atoms with van der Waals surface area (Å²) in [6, 6.07) is 5.48. The first kappa shape index (κ1) is 17.1. The van der Waals surface area contributed by atoms with E-state index >= 15 is 0 Å². The molecular formula is C15H17Cl2IN2O. The van der Waals surface area contributed by atoms with Crippen LogP contribution in [0.25, 0.3) is 10.9 Å². The second-order valence-electron chi connectivity index (χ2n) is 5.72. The molecule has 0 aliphatic heterocycles. The van der Waals surface area contributed by atoms with Crippen LogP contribution in [-0.4, -0.2) is 23.7 Å². The average Bonchev–Trinajstić information content (AvgIpc) is 2.35. The quantitative estimate of drug-likeness (QED) is 0.418. The molecule has 0 spiro atoms. The van der Waals surface area contributed by atoms with Crippen molar-refractivity contribution in [3.05, 3.63) is 31.9 Å². The summed E-state index contributed by atoms with van der Waals surface area (Å²) in [6.07, 6.45) is 0. The number of rotatable bonds is 4. The highest BCUT2D eigenvalue weighted by molar-refractivity contribution is 14.1. The van der Waals surface area contributed by atoms with Crippen LogP contribution in [0.3, 0.4) is 0 Å². The minimum atomic E-state index is 0.0696. The van der Waals surface area contributed by atoms with E-state index in [2.05, 4.69) is 53.7 Å². The van der Waals surface area contributed by atoms with Crippen LogP contribution in [0.15, 0.2) is 18.2 Å². The van der Waals surface area contributed by atoms with Gasteiger partial charge >= 0.3 is 0 Å². The Labute approximate surface area is 148 Å². The molecule has 0 fully saturated rings. The topological polar surface area (TPSA) is 34.1 Å². The fourth-order valence-electron chi connectivity index (χ4n) is 1.89. The van der Waals surface area contributed by atoms with Crippen molar-refractivity contribution in [3.63, 3.8) is 0 Å². The first-order valence-electron chi connectivity index (χ1n) is 6.60. The lowest BCUT2D eigenvalue weighted by atomic mass is 10.1. The van der Waals surface area contributed by atoms with Crippen molar-refractivity contribution in [2.24, 2.45) is 0 Å². The highest BCUT2D eigenvalue weighted by Gasteiger charge is 2.14. The molecule has 0 aliphatic carbocycles. The Bertz CT molecular complexity index is 656. The minimum Gasteiger partial charge on any atom is -0.489 e. The summed E-state index contributed by atoms with van der Waals surface area (Å²) in [5.74, 6) is 0.730. The van der Waals surface area contributed by atoms with Gasteiger partial charge in [0.25, 0.3) is 0 Å². The summed E-state index contributed by atoms with van der Waals surface area (Å²) < 4.78 is 6.83. The predicted molar refractivity (Wildman–Crippen MR) is 97.7 cm³/mol. The van der Waals surface area contributed by atoms with E-state index in [-0.39, 0.29) is 5.54 Å². The fraction of sp³-hybridized carbons (Fsp3) is 0.400. The second-order valence-corrected chi connectivity index (χ2v) is 7.68. The van der Waals surface area contributed by atoms with Gasteiger partial charge in [0.2, 0.25) is 0 Å². The van der Waals surface area contributed by atoms with Crippen molar-refractivity contribution in [2.75, 3.05) is 13.2 Å². The van der Waals surface area contributed by atoms with Crippen LogP contribution in [0.5, 0.6) is 5.75 Å². The third-order valence-electron chi connectivity index (χ3n) is 2.81. The highest BCUT2D eigenvalue weighted by atomic mass is 127. The average molecular weight is 439 g/mol. The van der Waals surface area contributed by atoms with Gasteiger partial charge in [-0.15, -0.1) is 0 Å². The molecule has 3 nitrogen and oxygen atoms in total. The lowest BCUT2D eigenvalue weighted by Crippen LogP contribution is -2.38. The van der Waals surface area contributed by atoms with Gasteiger partial charge in [0.15, 0.2) is 5.75 Å². The molecule has 1 heterocycles. The standard InChI is InChI=1S/C15H17Cl2IN2O/c1-15(2,3)19-6-7-21-14-11(18)8-10(16)9-4-5-12(17)20-13(9)14/h4-5,8,19H,6-7H2,1-3H3. The Morgan fingerprint density at radius 3 is 2.67 bits per heavy atom. The van der Waals surface area contributed by atoms with E-state index in [1.165, 1.54) is 0 Å². The number of aromatic nitrogens is 1. The maximum atomic E-state index is 6.25. The molecule has 0 atom stereocenters. The molecule has 0 aliphatic rings. The monoisotopic (exact) mass is 438 g/mol. The molecule has 2 aromatic rings. The van der Waals surface area contributed by atoms with Crippen molar-refractivity contribution in [1.29, 1.82) is 0 Å². The Morgan fingerprint density at radius 2 is 2.00 bits per heavy atom. The summed E-state index contributed by atoms with van der Waals surface area (Å²) in [4.78, 5) is 4.36. The molecule has 1 aromatic heterocycles. The molecule has 6 heteroatoms. The lowest BCUT2D eigenvalue weighted by molar-refractivity contribution is 0.291. The molecule has 2 rings (SSSR count). The Kier molecular flexibility index (Phi) is 5.57. The van der Waals surface area contributed by atoms with E-state index < -0.39 is 0 Å². The van der Waals surface area contributed by atoms with Gasteiger partial charge in [-0.3, -0.25) is 0 Å². The number of halogens is 3. The number of pyridine rings is 1. The number of nitrogens with one attached hydrogen (secondary N) is 1. The molecule has 21 heavy (non-hydrogen) atoms. The van der Waals surface area contributed by atoms with Crippen LogP contribution >= 0.6 is 45.8 Å². The van der Waals surface area contributed by atoms with Gasteiger partial charge < -0.3 is 10.1 Å². The van der Waals surface area contributed by atoms with Crippen LogP contribution < -0.4 is 10.1 Å². The molecule has 0 bridgehead atoms. The maximum absolute atomic E-state index is 6.25. The second kappa shape index (κ2) is 6.86. The molecule has 0 saturated carbocycles. The predicted octanol–water partition coefficient (Wildman–Crippen LogP) is 4.91. The van der Waals surface area contributed by atoms with Gasteiger partial charge in [0.05, 0.1) is 8.59 Å². The van der Waals surface area contributed by atoms with E-state index in [1.807, 2.05) is 12.1 Å². The summed E-state index contributed by atoms with van der Waals surface area (Å²) in [5, 5.41) is 5.31. The summed E-state index contributed by atoms with van der Waals surface area (Å²) in [7, 11) is 0. The molecule has 0 saturated heterocycles. The highest BCUT2D eigenvalue weighted by Crippen LogP contribution is 2.35. The summed E-state index contributed by atoms with van der Waals surface area (Å²) in [5.41, 5.74) is 0.773. The molecule has 1 N–H and O–H groups in total. The Hall–Kier alpha value is -0.300. The smallest absolute Gasteiger partial charge is 0.159 e. The SMILES string of the molecule is CC(C)(C)NCCOc1c(I)cc(Cl)c2ccc(Cl)nc12. The van der Waals surface area contributed by atoms with Crippen molar-refractivity contribution in [2.45, 2.75) is 26.3 Å². The van der Waals surface area contributed by atoms with Gasteiger partial charge in [-0.25, -0.2) is 4.98 Å². The van der Waals surface area contributed by atoms with Crippen molar-refractivity contribution in [3.8, 4) is 5.75 Å². The lowest BCUT2D eigenvalue weighted by Gasteiger charge is -2.21. The number of benzene rings is 1. The maximum Gasteiger partial charge on any atom is 0.159 e. The number of hydrogen-bond acceptors (Lipinski definition) is 3. The van der Waals surface area contributed by atoms with Crippen LogP contribution in [0.4, 0.5) is 0 Å². The summed E-state index contributed by atoms with van der Waals surface area (Å²) >= 11 is 14.4. The Morgan fingerprint density at radius 1 is 1.29 bits per heavy atom. The zero-order chi connectivity index (χ0) is 15.6. The van der Waals surface area contributed by atoms with Gasteiger partial charge in [-0.05, 0) is 61.6 Å². The van der Waals surface area contributed by atoms with Gasteiger partial charge in [-0.1, -0.05) is 23.2 Å². The number of hydrogen-bond donors (Lipinski definition) is 1. The number of fused-ring (bicyclic) bond motifs is 1. The molecule has 1 aromatic carbocycles. The van der Waals surface area contributed by atoms with Crippen molar-refractivity contribution >= 4 is 56.7 Å².